The second-order valence-corrected chi connectivity index (χ2v) is 10.9. The molecule has 1 saturated heterocycles. The third-order valence-corrected chi connectivity index (χ3v) is 8.60. The number of halogens is 1. The standard InChI is InChI=1S/C31H20ClN5O4/c32-19-10-6-9-18(13-19)23-25-26(41-31(23)27(38)20-11-4-5-12-21(20)28(31)39)24-22(14-33-30-34-16-35-37(24)30)29(40)36(25)15-17-7-2-1-3-8-17/h1-14,16,23,25-26H,15H2/t23-,25+,26+/m1/s1. The molecule has 0 N–H and O–H groups in total. The Morgan fingerprint density at radius 1 is 0.854 bits per heavy atom. The molecular weight excluding hydrogens is 542 g/mol. The summed E-state index contributed by atoms with van der Waals surface area (Å²) < 4.78 is 8.26. The summed E-state index contributed by atoms with van der Waals surface area (Å²) in [5, 5.41) is 4.78. The first-order valence-electron chi connectivity index (χ1n) is 13.1. The van der Waals surface area contributed by atoms with Crippen LogP contribution in [0.5, 0.6) is 0 Å². The summed E-state index contributed by atoms with van der Waals surface area (Å²) in [6, 6.07) is 22.6. The molecule has 0 bridgehead atoms. The average Bonchev–Trinajstić information content (AvgIpc) is 3.67. The summed E-state index contributed by atoms with van der Waals surface area (Å²) in [4.78, 5) is 53.3. The Morgan fingerprint density at radius 3 is 2.32 bits per heavy atom. The van der Waals surface area contributed by atoms with Gasteiger partial charge in [-0.2, -0.15) is 14.6 Å². The SMILES string of the molecule is O=C1c2cnc3ncnn3c2[C@@H]2OC3(C(=O)c4ccccc4C3=O)[C@H](c3cccc(Cl)c3)[C@@H]2N1Cc1ccccc1. The number of carbonyl (C=O) groups excluding carboxylic acids is 3. The lowest BCUT2D eigenvalue weighted by atomic mass is 9.73. The molecule has 5 aromatic rings. The smallest absolute Gasteiger partial charge is 0.258 e. The van der Waals surface area contributed by atoms with E-state index in [1.54, 1.807) is 47.4 Å². The summed E-state index contributed by atoms with van der Waals surface area (Å²) in [6.07, 6.45) is 1.91. The first-order valence-corrected chi connectivity index (χ1v) is 13.5. The predicted molar refractivity (Wildman–Crippen MR) is 147 cm³/mol. The first-order chi connectivity index (χ1) is 20.0. The van der Waals surface area contributed by atoms with Gasteiger partial charge in [-0.25, -0.2) is 4.98 Å². The molecule has 1 amide bonds. The van der Waals surface area contributed by atoms with E-state index in [0.717, 1.165) is 5.56 Å². The van der Waals surface area contributed by atoms with Gasteiger partial charge in [0.05, 0.1) is 23.2 Å². The molecule has 0 unspecified atom stereocenters. The van der Waals surface area contributed by atoms with Crippen LogP contribution in [0.15, 0.2) is 91.4 Å². The molecule has 200 valence electrons. The van der Waals surface area contributed by atoms with Gasteiger partial charge in [0.1, 0.15) is 12.4 Å². The Bertz CT molecular complexity index is 1890. The lowest BCUT2D eigenvalue weighted by Crippen LogP contribution is -2.52. The molecule has 0 radical (unpaired) electrons. The lowest BCUT2D eigenvalue weighted by Gasteiger charge is -2.40. The molecule has 10 heteroatoms. The van der Waals surface area contributed by atoms with Crippen molar-refractivity contribution in [1.29, 1.82) is 0 Å². The molecule has 1 fully saturated rings. The largest absolute Gasteiger partial charge is 0.346 e. The molecule has 3 aromatic carbocycles. The van der Waals surface area contributed by atoms with Gasteiger partial charge >= 0.3 is 0 Å². The fourth-order valence-electron chi connectivity index (χ4n) is 6.71. The summed E-state index contributed by atoms with van der Waals surface area (Å²) in [6.45, 7) is 0.224. The Hall–Kier alpha value is -4.73. The molecule has 2 aromatic heterocycles. The fraction of sp³-hybridized carbons (Fsp3) is 0.161. The lowest BCUT2D eigenvalue weighted by molar-refractivity contribution is -0.0248. The van der Waals surface area contributed by atoms with E-state index in [9.17, 15) is 14.4 Å². The highest BCUT2D eigenvalue weighted by Crippen LogP contribution is 2.58. The van der Waals surface area contributed by atoms with Crippen molar-refractivity contribution in [3.8, 4) is 0 Å². The van der Waals surface area contributed by atoms with Crippen molar-refractivity contribution in [3.63, 3.8) is 0 Å². The van der Waals surface area contributed by atoms with Gasteiger partial charge in [-0.3, -0.25) is 14.4 Å². The van der Waals surface area contributed by atoms with Crippen molar-refractivity contribution in [2.45, 2.75) is 30.2 Å². The third kappa shape index (κ3) is 3.21. The van der Waals surface area contributed by atoms with Crippen LogP contribution in [-0.4, -0.2) is 53.6 Å². The number of rotatable bonds is 3. The van der Waals surface area contributed by atoms with Crippen LogP contribution in [0.1, 0.15) is 59.9 Å². The molecule has 3 atom stereocenters. The number of ether oxygens (including phenoxy) is 1. The topological polar surface area (TPSA) is 107 Å². The maximum Gasteiger partial charge on any atom is 0.258 e. The van der Waals surface area contributed by atoms with E-state index in [-0.39, 0.29) is 23.8 Å². The number of aromatic nitrogens is 4. The highest BCUT2D eigenvalue weighted by atomic mass is 35.5. The van der Waals surface area contributed by atoms with Gasteiger partial charge in [-0.05, 0) is 23.3 Å². The van der Waals surface area contributed by atoms with Crippen LogP contribution in [-0.2, 0) is 11.3 Å². The number of nitrogens with zero attached hydrogens (tertiary/aromatic N) is 5. The minimum atomic E-state index is -1.92. The second kappa shape index (κ2) is 8.63. The molecule has 1 spiro atoms. The van der Waals surface area contributed by atoms with Crippen molar-refractivity contribution in [2.24, 2.45) is 0 Å². The zero-order valence-electron chi connectivity index (χ0n) is 21.3. The van der Waals surface area contributed by atoms with E-state index in [2.05, 4.69) is 15.1 Å². The molecular formula is C31H20ClN5O4. The van der Waals surface area contributed by atoms with E-state index in [4.69, 9.17) is 16.3 Å². The zero-order valence-corrected chi connectivity index (χ0v) is 22.1. The normalized spacial score (nSPS) is 22.3. The fourth-order valence-corrected chi connectivity index (χ4v) is 6.90. The molecule has 8 rings (SSSR count). The van der Waals surface area contributed by atoms with Gasteiger partial charge in [0.2, 0.25) is 17.2 Å². The number of Topliss-reactive ketones (excluding diaryl/α,β-unsaturated/α-hetero) is 2. The van der Waals surface area contributed by atoms with Crippen molar-refractivity contribution in [2.75, 3.05) is 0 Å². The molecule has 0 saturated carbocycles. The van der Waals surface area contributed by atoms with Crippen LogP contribution >= 0.6 is 11.6 Å². The zero-order chi connectivity index (χ0) is 27.9. The maximum atomic E-state index is 14.4. The average molecular weight is 562 g/mol. The molecule has 41 heavy (non-hydrogen) atoms. The highest BCUT2D eigenvalue weighted by Gasteiger charge is 2.70. The number of benzene rings is 3. The van der Waals surface area contributed by atoms with Crippen LogP contribution < -0.4 is 0 Å². The molecule has 3 aliphatic rings. The number of fused-ring (bicyclic) bond motifs is 6. The summed E-state index contributed by atoms with van der Waals surface area (Å²) in [7, 11) is 0. The van der Waals surface area contributed by atoms with Crippen molar-refractivity contribution in [1.82, 2.24) is 24.5 Å². The number of carbonyl (C=O) groups is 3. The van der Waals surface area contributed by atoms with E-state index >= 15 is 0 Å². The van der Waals surface area contributed by atoms with Crippen LogP contribution in [0.3, 0.4) is 0 Å². The van der Waals surface area contributed by atoms with Gasteiger partial charge in [0.15, 0.2) is 0 Å². The van der Waals surface area contributed by atoms with E-state index in [1.807, 2.05) is 36.4 Å². The monoisotopic (exact) mass is 561 g/mol. The van der Waals surface area contributed by atoms with Crippen LogP contribution in [0, 0.1) is 0 Å². The number of amides is 1. The van der Waals surface area contributed by atoms with E-state index in [0.29, 0.717) is 27.4 Å². The Balaban J connectivity index is 1.42. The molecule has 4 heterocycles. The van der Waals surface area contributed by atoms with Gasteiger partial charge in [-0.1, -0.05) is 78.3 Å². The quantitative estimate of drug-likeness (QED) is 0.299. The Morgan fingerprint density at radius 2 is 1.59 bits per heavy atom. The Labute approximate surface area is 238 Å². The number of hydrogen-bond donors (Lipinski definition) is 0. The summed E-state index contributed by atoms with van der Waals surface area (Å²) in [5.74, 6) is -1.77. The minimum Gasteiger partial charge on any atom is -0.346 e. The molecule has 9 nitrogen and oxygen atoms in total. The summed E-state index contributed by atoms with van der Waals surface area (Å²) in [5.41, 5.74) is 0.866. The van der Waals surface area contributed by atoms with Crippen molar-refractivity contribution in [3.05, 3.63) is 130 Å². The van der Waals surface area contributed by atoms with Gasteiger partial charge in [0, 0.05) is 28.9 Å². The summed E-state index contributed by atoms with van der Waals surface area (Å²) >= 11 is 6.47. The van der Waals surface area contributed by atoms with Gasteiger partial charge in [0.25, 0.3) is 11.7 Å². The molecule has 1 aliphatic carbocycles. The Kier molecular flexibility index (Phi) is 5.07. The first kappa shape index (κ1) is 24.1. The van der Waals surface area contributed by atoms with Crippen molar-refractivity contribution >= 4 is 34.9 Å². The van der Waals surface area contributed by atoms with Crippen LogP contribution in [0.2, 0.25) is 5.02 Å². The molecule has 2 aliphatic heterocycles. The maximum absolute atomic E-state index is 14.4. The minimum absolute atomic E-state index is 0.224. The third-order valence-electron chi connectivity index (χ3n) is 8.36. The highest BCUT2D eigenvalue weighted by molar-refractivity contribution is 6.33. The van der Waals surface area contributed by atoms with Gasteiger partial charge < -0.3 is 9.64 Å². The number of ketones is 2. The van der Waals surface area contributed by atoms with Crippen molar-refractivity contribution < 1.29 is 19.1 Å². The van der Waals surface area contributed by atoms with Crippen LogP contribution in [0.4, 0.5) is 0 Å². The van der Waals surface area contributed by atoms with Gasteiger partial charge in [-0.15, -0.1) is 0 Å². The number of hydrogen-bond acceptors (Lipinski definition) is 7. The van der Waals surface area contributed by atoms with E-state index < -0.39 is 35.2 Å². The van der Waals surface area contributed by atoms with Crippen LogP contribution in [0.25, 0.3) is 5.78 Å². The second-order valence-electron chi connectivity index (χ2n) is 10.4. The van der Waals surface area contributed by atoms with E-state index in [1.165, 1.54) is 17.0 Å². The predicted octanol–water partition coefficient (Wildman–Crippen LogP) is 4.48.